The summed E-state index contributed by atoms with van der Waals surface area (Å²) < 4.78 is 41.3. The van der Waals surface area contributed by atoms with Gasteiger partial charge in [0.15, 0.2) is 0 Å². The second-order valence-electron chi connectivity index (χ2n) is 4.32. The van der Waals surface area contributed by atoms with Crippen molar-refractivity contribution in [3.05, 3.63) is 69.4 Å². The number of hydrogen-bond donors (Lipinski definition) is 2. The van der Waals surface area contributed by atoms with Crippen molar-refractivity contribution in [1.29, 1.82) is 0 Å². The van der Waals surface area contributed by atoms with Gasteiger partial charge in [0.25, 0.3) is 0 Å². The second-order valence-corrected chi connectivity index (χ2v) is 5.24. The Morgan fingerprint density at radius 1 is 1.05 bits per heavy atom. The lowest BCUT2D eigenvalue weighted by atomic mass is 9.98. The Hall–Kier alpha value is -1.37. The van der Waals surface area contributed by atoms with E-state index in [4.69, 9.17) is 5.84 Å². The summed E-state index contributed by atoms with van der Waals surface area (Å²) in [5.74, 6) is 3.78. The molecule has 6 heteroatoms. The normalized spacial score (nSPS) is 12.4. The first-order valence-electron chi connectivity index (χ1n) is 5.86. The Morgan fingerprint density at radius 3 is 2.45 bits per heavy atom. The van der Waals surface area contributed by atoms with E-state index >= 15 is 0 Å². The molecule has 2 nitrogen and oxygen atoms in total. The molecule has 2 aromatic carbocycles. The Labute approximate surface area is 122 Å². The van der Waals surface area contributed by atoms with E-state index in [0.717, 1.165) is 18.2 Å². The Balaban J connectivity index is 2.31. The molecule has 0 aromatic heterocycles. The zero-order valence-electron chi connectivity index (χ0n) is 10.3. The molecule has 20 heavy (non-hydrogen) atoms. The van der Waals surface area contributed by atoms with Crippen LogP contribution in [0.1, 0.15) is 17.2 Å². The summed E-state index contributed by atoms with van der Waals surface area (Å²) in [7, 11) is 0. The number of nitrogens with two attached hydrogens (primary N) is 1. The summed E-state index contributed by atoms with van der Waals surface area (Å²) in [6.45, 7) is 0. The first-order valence-corrected chi connectivity index (χ1v) is 6.65. The highest BCUT2D eigenvalue weighted by molar-refractivity contribution is 9.10. The van der Waals surface area contributed by atoms with Crippen molar-refractivity contribution in [3.8, 4) is 0 Å². The topological polar surface area (TPSA) is 38.0 Å². The van der Waals surface area contributed by atoms with Crippen LogP contribution in [0.15, 0.2) is 40.9 Å². The van der Waals surface area contributed by atoms with Crippen LogP contribution in [0, 0.1) is 17.5 Å². The van der Waals surface area contributed by atoms with Gasteiger partial charge >= 0.3 is 0 Å². The van der Waals surface area contributed by atoms with Gasteiger partial charge in [-0.25, -0.2) is 13.2 Å². The Morgan fingerprint density at radius 2 is 1.80 bits per heavy atom. The summed E-state index contributed by atoms with van der Waals surface area (Å²) in [5.41, 5.74) is 2.82. The lowest BCUT2D eigenvalue weighted by Crippen LogP contribution is -2.30. The molecule has 3 N–H and O–H groups in total. The molecule has 0 fully saturated rings. The van der Waals surface area contributed by atoms with Crippen LogP contribution in [0.25, 0.3) is 0 Å². The van der Waals surface area contributed by atoms with Crippen molar-refractivity contribution in [2.75, 3.05) is 0 Å². The van der Waals surface area contributed by atoms with Gasteiger partial charge in [-0.15, -0.1) is 0 Å². The summed E-state index contributed by atoms with van der Waals surface area (Å²) in [6, 6.07) is 6.93. The van der Waals surface area contributed by atoms with Gasteiger partial charge in [-0.2, -0.15) is 0 Å². The lowest BCUT2D eigenvalue weighted by Gasteiger charge is -2.17. The fourth-order valence-corrected chi connectivity index (χ4v) is 2.28. The SMILES string of the molecule is NNC(Cc1ccc(Br)cc1F)c1cc(F)ccc1F. The number of hydrogen-bond acceptors (Lipinski definition) is 2. The van der Waals surface area contributed by atoms with Gasteiger partial charge in [0, 0.05) is 10.0 Å². The highest BCUT2D eigenvalue weighted by atomic mass is 79.9. The molecule has 0 aliphatic rings. The van der Waals surface area contributed by atoms with Crippen LogP contribution in [-0.4, -0.2) is 0 Å². The van der Waals surface area contributed by atoms with E-state index in [1.165, 1.54) is 6.07 Å². The molecule has 2 aromatic rings. The van der Waals surface area contributed by atoms with Crippen molar-refractivity contribution < 1.29 is 13.2 Å². The first-order chi connectivity index (χ1) is 9.51. The predicted molar refractivity (Wildman–Crippen MR) is 74.2 cm³/mol. The van der Waals surface area contributed by atoms with Crippen LogP contribution in [0.2, 0.25) is 0 Å². The number of benzene rings is 2. The van der Waals surface area contributed by atoms with E-state index in [0.29, 0.717) is 10.0 Å². The van der Waals surface area contributed by atoms with E-state index < -0.39 is 23.5 Å². The molecule has 1 atom stereocenters. The minimum Gasteiger partial charge on any atom is -0.271 e. The maximum atomic E-state index is 13.8. The monoisotopic (exact) mass is 344 g/mol. The molecule has 0 spiro atoms. The third-order valence-electron chi connectivity index (χ3n) is 2.97. The molecule has 2 rings (SSSR count). The average molecular weight is 345 g/mol. The van der Waals surface area contributed by atoms with Gasteiger partial charge in [-0.05, 0) is 42.3 Å². The second kappa shape index (κ2) is 6.39. The lowest BCUT2D eigenvalue weighted by molar-refractivity contribution is 0.492. The molecular formula is C14H12BrF3N2. The van der Waals surface area contributed by atoms with Crippen LogP contribution in [0.5, 0.6) is 0 Å². The zero-order chi connectivity index (χ0) is 14.7. The molecule has 0 aliphatic heterocycles. The fraction of sp³-hybridized carbons (Fsp3) is 0.143. The van der Waals surface area contributed by atoms with Gasteiger partial charge in [0.2, 0.25) is 0 Å². The van der Waals surface area contributed by atoms with Crippen LogP contribution < -0.4 is 11.3 Å². The Kier molecular flexibility index (Phi) is 4.80. The smallest absolute Gasteiger partial charge is 0.128 e. The van der Waals surface area contributed by atoms with Crippen molar-refractivity contribution in [2.24, 2.45) is 5.84 Å². The van der Waals surface area contributed by atoms with E-state index in [1.54, 1.807) is 12.1 Å². The molecule has 106 valence electrons. The van der Waals surface area contributed by atoms with Gasteiger partial charge in [-0.3, -0.25) is 11.3 Å². The van der Waals surface area contributed by atoms with E-state index in [-0.39, 0.29) is 12.0 Å². The molecule has 0 aliphatic carbocycles. The third-order valence-corrected chi connectivity index (χ3v) is 3.47. The molecule has 0 bridgehead atoms. The molecule has 0 amide bonds. The van der Waals surface area contributed by atoms with Gasteiger partial charge < -0.3 is 0 Å². The molecular weight excluding hydrogens is 333 g/mol. The van der Waals surface area contributed by atoms with E-state index in [2.05, 4.69) is 21.4 Å². The highest BCUT2D eigenvalue weighted by Gasteiger charge is 2.17. The quantitative estimate of drug-likeness (QED) is 0.656. The predicted octanol–water partition coefficient (Wildman–Crippen LogP) is 3.61. The number of hydrazine groups is 1. The molecule has 0 saturated heterocycles. The maximum Gasteiger partial charge on any atom is 0.128 e. The van der Waals surface area contributed by atoms with Gasteiger partial charge in [0.05, 0.1) is 6.04 Å². The van der Waals surface area contributed by atoms with Gasteiger partial charge in [0.1, 0.15) is 17.5 Å². The molecule has 0 radical (unpaired) electrons. The largest absolute Gasteiger partial charge is 0.271 e. The minimum absolute atomic E-state index is 0.0646. The van der Waals surface area contributed by atoms with Crippen LogP contribution in [0.4, 0.5) is 13.2 Å². The van der Waals surface area contributed by atoms with Crippen molar-refractivity contribution in [2.45, 2.75) is 12.5 Å². The maximum absolute atomic E-state index is 13.8. The molecule has 0 heterocycles. The van der Waals surface area contributed by atoms with Crippen molar-refractivity contribution in [3.63, 3.8) is 0 Å². The van der Waals surface area contributed by atoms with Crippen molar-refractivity contribution in [1.82, 2.24) is 5.43 Å². The number of nitrogens with one attached hydrogen (secondary N) is 1. The van der Waals surface area contributed by atoms with Crippen LogP contribution in [-0.2, 0) is 6.42 Å². The van der Waals surface area contributed by atoms with E-state index in [9.17, 15) is 13.2 Å². The zero-order valence-corrected chi connectivity index (χ0v) is 11.9. The summed E-state index contributed by atoms with van der Waals surface area (Å²) in [4.78, 5) is 0. The fourth-order valence-electron chi connectivity index (χ4n) is 1.95. The Bertz CT molecular complexity index is 619. The standard InChI is InChI=1S/C14H12BrF3N2/c15-9-2-1-8(13(18)6-9)5-14(20-19)11-7-10(16)3-4-12(11)17/h1-4,6-7,14,20H,5,19H2. The van der Waals surface area contributed by atoms with Crippen LogP contribution >= 0.6 is 15.9 Å². The van der Waals surface area contributed by atoms with E-state index in [1.807, 2.05) is 0 Å². The average Bonchev–Trinajstić information content (AvgIpc) is 2.41. The summed E-state index contributed by atoms with van der Waals surface area (Å²) in [5, 5.41) is 0. The summed E-state index contributed by atoms with van der Waals surface area (Å²) >= 11 is 3.16. The van der Waals surface area contributed by atoms with Gasteiger partial charge in [-0.1, -0.05) is 22.0 Å². The van der Waals surface area contributed by atoms with Crippen molar-refractivity contribution >= 4 is 15.9 Å². The summed E-state index contributed by atoms with van der Waals surface area (Å²) in [6.07, 6.45) is 0.107. The first kappa shape index (κ1) is 15.0. The third kappa shape index (κ3) is 3.39. The molecule has 0 saturated carbocycles. The van der Waals surface area contributed by atoms with Crippen LogP contribution in [0.3, 0.4) is 0 Å². The number of rotatable bonds is 4. The number of halogens is 4. The highest BCUT2D eigenvalue weighted by Crippen LogP contribution is 2.24. The minimum atomic E-state index is -0.721. The molecule has 1 unspecified atom stereocenters.